The standard InChI is InChI=1S/C21H20F3N3O4/c1-3-30-20(29)18-11-25-27(14(18)2)16-8-6-15(7-9-16)19(28)26(13-21(22,23)24)12-17-5-4-10-31-17/h4-11H,3,12-13H2,1-2H3. The van der Waals surface area contributed by atoms with Crippen molar-refractivity contribution >= 4 is 11.9 Å². The highest BCUT2D eigenvalue weighted by molar-refractivity contribution is 5.94. The van der Waals surface area contributed by atoms with Gasteiger partial charge in [0.15, 0.2) is 0 Å². The van der Waals surface area contributed by atoms with Gasteiger partial charge in [0, 0.05) is 5.56 Å². The second-order valence-corrected chi connectivity index (χ2v) is 6.68. The van der Waals surface area contributed by atoms with E-state index in [0.29, 0.717) is 21.8 Å². The topological polar surface area (TPSA) is 77.6 Å². The van der Waals surface area contributed by atoms with E-state index < -0.39 is 24.6 Å². The Kier molecular flexibility index (Phi) is 6.47. The number of rotatable bonds is 7. The molecule has 0 N–H and O–H groups in total. The zero-order valence-electron chi connectivity index (χ0n) is 16.8. The largest absolute Gasteiger partial charge is 0.467 e. The number of amides is 1. The highest BCUT2D eigenvalue weighted by Gasteiger charge is 2.34. The van der Waals surface area contributed by atoms with E-state index in [9.17, 15) is 22.8 Å². The van der Waals surface area contributed by atoms with Gasteiger partial charge in [-0.3, -0.25) is 4.79 Å². The van der Waals surface area contributed by atoms with Gasteiger partial charge in [-0.2, -0.15) is 18.3 Å². The van der Waals surface area contributed by atoms with Crippen molar-refractivity contribution in [1.82, 2.24) is 14.7 Å². The van der Waals surface area contributed by atoms with E-state index in [2.05, 4.69) is 5.10 Å². The lowest BCUT2D eigenvalue weighted by atomic mass is 10.1. The van der Waals surface area contributed by atoms with Gasteiger partial charge < -0.3 is 14.1 Å². The van der Waals surface area contributed by atoms with Crippen molar-refractivity contribution < 1.29 is 31.9 Å². The number of hydrogen-bond acceptors (Lipinski definition) is 5. The third-order valence-corrected chi connectivity index (χ3v) is 4.45. The fourth-order valence-electron chi connectivity index (χ4n) is 3.01. The molecule has 0 fully saturated rings. The van der Waals surface area contributed by atoms with Crippen LogP contribution in [0.15, 0.2) is 53.3 Å². The minimum atomic E-state index is -4.56. The van der Waals surface area contributed by atoms with Crippen LogP contribution in [0.3, 0.4) is 0 Å². The van der Waals surface area contributed by atoms with E-state index in [1.165, 1.54) is 41.4 Å². The first-order valence-electron chi connectivity index (χ1n) is 9.40. The van der Waals surface area contributed by atoms with Crippen molar-refractivity contribution in [2.45, 2.75) is 26.6 Å². The van der Waals surface area contributed by atoms with Gasteiger partial charge in [-0.15, -0.1) is 0 Å². The number of nitrogens with zero attached hydrogens (tertiary/aromatic N) is 3. The Morgan fingerprint density at radius 1 is 1.19 bits per heavy atom. The van der Waals surface area contributed by atoms with Crippen LogP contribution in [0, 0.1) is 6.92 Å². The molecule has 0 spiro atoms. The summed E-state index contributed by atoms with van der Waals surface area (Å²) in [7, 11) is 0. The Hall–Kier alpha value is -3.56. The second-order valence-electron chi connectivity index (χ2n) is 6.68. The SMILES string of the molecule is CCOC(=O)c1cnn(-c2ccc(C(=O)N(Cc3ccco3)CC(F)(F)F)cc2)c1C. The van der Waals surface area contributed by atoms with Crippen LogP contribution in [-0.2, 0) is 11.3 Å². The molecular formula is C21H20F3N3O4. The molecular weight excluding hydrogens is 415 g/mol. The molecule has 0 bridgehead atoms. The quantitative estimate of drug-likeness (QED) is 0.521. The van der Waals surface area contributed by atoms with Crippen molar-refractivity contribution in [1.29, 1.82) is 0 Å². The monoisotopic (exact) mass is 435 g/mol. The number of esters is 1. The van der Waals surface area contributed by atoms with Gasteiger partial charge in [0.1, 0.15) is 17.9 Å². The van der Waals surface area contributed by atoms with E-state index in [4.69, 9.17) is 9.15 Å². The summed E-state index contributed by atoms with van der Waals surface area (Å²) in [6.45, 7) is 1.89. The van der Waals surface area contributed by atoms with Gasteiger partial charge >= 0.3 is 12.1 Å². The number of carbonyl (C=O) groups excluding carboxylic acids is 2. The maximum atomic E-state index is 13.0. The molecule has 0 unspecified atom stereocenters. The molecule has 0 saturated carbocycles. The average molecular weight is 435 g/mol. The summed E-state index contributed by atoms with van der Waals surface area (Å²) in [6.07, 6.45) is -1.85. The zero-order valence-corrected chi connectivity index (χ0v) is 16.8. The van der Waals surface area contributed by atoms with Crippen LogP contribution in [0.2, 0.25) is 0 Å². The maximum absolute atomic E-state index is 13.0. The van der Waals surface area contributed by atoms with E-state index in [-0.39, 0.29) is 24.5 Å². The average Bonchev–Trinajstić information content (AvgIpc) is 3.36. The van der Waals surface area contributed by atoms with Crippen LogP contribution in [0.4, 0.5) is 13.2 Å². The molecule has 3 aromatic rings. The number of alkyl halides is 3. The predicted octanol–water partition coefficient (Wildman–Crippen LogP) is 4.16. The summed E-state index contributed by atoms with van der Waals surface area (Å²) < 4.78 is 50.5. The Balaban J connectivity index is 1.82. The van der Waals surface area contributed by atoms with E-state index in [1.807, 2.05) is 0 Å². The van der Waals surface area contributed by atoms with E-state index in [0.717, 1.165) is 0 Å². The Morgan fingerprint density at radius 3 is 2.48 bits per heavy atom. The summed E-state index contributed by atoms with van der Waals surface area (Å²) in [5, 5.41) is 4.16. The summed E-state index contributed by atoms with van der Waals surface area (Å²) in [5.74, 6) is -1.05. The van der Waals surface area contributed by atoms with Crippen LogP contribution in [0.5, 0.6) is 0 Å². The molecule has 3 rings (SSSR count). The molecule has 2 aromatic heterocycles. The molecule has 0 saturated heterocycles. The van der Waals surface area contributed by atoms with Gasteiger partial charge in [0.05, 0.1) is 37.0 Å². The van der Waals surface area contributed by atoms with Crippen LogP contribution in [0.1, 0.15) is 39.1 Å². The molecule has 0 aliphatic carbocycles. The molecule has 0 aliphatic heterocycles. The Morgan fingerprint density at radius 2 is 1.90 bits per heavy atom. The van der Waals surface area contributed by atoms with Crippen molar-refractivity contribution in [2.24, 2.45) is 0 Å². The number of benzene rings is 1. The lowest BCUT2D eigenvalue weighted by Gasteiger charge is -2.23. The van der Waals surface area contributed by atoms with Gasteiger partial charge in [0.25, 0.3) is 5.91 Å². The fraction of sp³-hybridized carbons (Fsp3) is 0.286. The highest BCUT2D eigenvalue weighted by Crippen LogP contribution is 2.21. The summed E-state index contributed by atoms with van der Waals surface area (Å²) in [5.41, 5.74) is 1.46. The number of hydrogen-bond donors (Lipinski definition) is 0. The normalized spacial score (nSPS) is 11.4. The first-order chi connectivity index (χ1) is 14.7. The van der Waals surface area contributed by atoms with Gasteiger partial charge in [-0.1, -0.05) is 0 Å². The second kappa shape index (κ2) is 9.07. The van der Waals surface area contributed by atoms with Crippen molar-refractivity contribution in [3.63, 3.8) is 0 Å². The lowest BCUT2D eigenvalue weighted by Crippen LogP contribution is -2.38. The van der Waals surface area contributed by atoms with Gasteiger partial charge in [-0.05, 0) is 50.2 Å². The van der Waals surface area contributed by atoms with E-state index >= 15 is 0 Å². The first kappa shape index (κ1) is 22.1. The lowest BCUT2D eigenvalue weighted by molar-refractivity contribution is -0.142. The minimum absolute atomic E-state index is 0.0787. The van der Waals surface area contributed by atoms with Crippen molar-refractivity contribution in [3.8, 4) is 5.69 Å². The Labute approximate surface area is 176 Å². The zero-order chi connectivity index (χ0) is 22.6. The third kappa shape index (κ3) is 5.33. The molecule has 10 heteroatoms. The smallest absolute Gasteiger partial charge is 0.406 e. The molecule has 0 radical (unpaired) electrons. The summed E-state index contributed by atoms with van der Waals surface area (Å²) in [4.78, 5) is 25.3. The van der Waals surface area contributed by atoms with Crippen LogP contribution in [0.25, 0.3) is 5.69 Å². The minimum Gasteiger partial charge on any atom is -0.467 e. The number of carbonyl (C=O) groups is 2. The number of furan rings is 1. The first-order valence-corrected chi connectivity index (χ1v) is 9.40. The number of halogens is 3. The van der Waals surface area contributed by atoms with Crippen molar-refractivity contribution in [3.05, 3.63) is 71.4 Å². The van der Waals surface area contributed by atoms with E-state index in [1.54, 1.807) is 26.0 Å². The van der Waals surface area contributed by atoms with Gasteiger partial charge in [0.2, 0.25) is 0 Å². The van der Waals surface area contributed by atoms with Crippen molar-refractivity contribution in [2.75, 3.05) is 13.2 Å². The molecule has 164 valence electrons. The summed E-state index contributed by atoms with van der Waals surface area (Å²) >= 11 is 0. The summed E-state index contributed by atoms with van der Waals surface area (Å²) in [6, 6.07) is 8.95. The fourth-order valence-corrected chi connectivity index (χ4v) is 3.01. The third-order valence-electron chi connectivity index (χ3n) is 4.45. The maximum Gasteiger partial charge on any atom is 0.406 e. The van der Waals surface area contributed by atoms with Crippen LogP contribution < -0.4 is 0 Å². The molecule has 0 aliphatic rings. The molecule has 2 heterocycles. The molecule has 1 aromatic carbocycles. The molecule has 1 amide bonds. The Bertz CT molecular complexity index is 1040. The van der Waals surface area contributed by atoms with Crippen LogP contribution in [-0.4, -0.2) is 45.9 Å². The number of ether oxygens (including phenoxy) is 1. The molecule has 0 atom stereocenters. The molecule has 31 heavy (non-hydrogen) atoms. The predicted molar refractivity (Wildman–Crippen MR) is 104 cm³/mol. The van der Waals surface area contributed by atoms with Crippen LogP contribution >= 0.6 is 0 Å². The van der Waals surface area contributed by atoms with Gasteiger partial charge in [-0.25, -0.2) is 9.48 Å². The number of aromatic nitrogens is 2. The highest BCUT2D eigenvalue weighted by atomic mass is 19.4. The molecule has 7 nitrogen and oxygen atoms in total.